The van der Waals surface area contributed by atoms with Gasteiger partial charge in [-0.3, -0.25) is 4.79 Å². The van der Waals surface area contributed by atoms with Crippen molar-refractivity contribution in [2.75, 3.05) is 0 Å². The third-order valence-electron chi connectivity index (χ3n) is 1.93. The highest BCUT2D eigenvalue weighted by atomic mass is 16.9. The Labute approximate surface area is 102 Å². The molecule has 0 radical (unpaired) electrons. The number of rotatable bonds is 7. The van der Waals surface area contributed by atoms with Crippen molar-refractivity contribution in [2.24, 2.45) is 0 Å². The highest BCUT2D eigenvalue weighted by molar-refractivity contribution is 5.74. The summed E-state index contributed by atoms with van der Waals surface area (Å²) < 4.78 is 4.94. The van der Waals surface area contributed by atoms with Gasteiger partial charge in [0.25, 0.3) is 5.09 Å². The molecule has 18 heavy (non-hydrogen) atoms. The van der Waals surface area contributed by atoms with Gasteiger partial charge in [-0.15, -0.1) is 10.1 Å². The van der Waals surface area contributed by atoms with Crippen molar-refractivity contribution in [3.05, 3.63) is 39.9 Å². The SMILES string of the molecule is O=CCCC(=O)Oc1cccc(CO[N+](=O)[O-])c1. The average Bonchev–Trinajstić information content (AvgIpc) is 2.34. The van der Waals surface area contributed by atoms with E-state index in [1.54, 1.807) is 12.1 Å². The summed E-state index contributed by atoms with van der Waals surface area (Å²) in [7, 11) is 0. The molecule has 0 fully saturated rings. The van der Waals surface area contributed by atoms with Gasteiger partial charge in [-0.05, 0) is 17.7 Å². The summed E-state index contributed by atoms with van der Waals surface area (Å²) in [6.45, 7) is -0.216. The lowest BCUT2D eigenvalue weighted by Gasteiger charge is -2.05. The van der Waals surface area contributed by atoms with Gasteiger partial charge in [-0.1, -0.05) is 12.1 Å². The molecule has 7 nitrogen and oxygen atoms in total. The van der Waals surface area contributed by atoms with E-state index in [0.29, 0.717) is 11.8 Å². The summed E-state index contributed by atoms with van der Waals surface area (Å²) in [5.74, 6) is -0.273. The molecule has 0 heterocycles. The molecule has 7 heteroatoms. The fourth-order valence-electron chi connectivity index (χ4n) is 1.19. The predicted octanol–water partition coefficient (Wildman–Crippen LogP) is 1.28. The second kappa shape index (κ2) is 7.00. The smallest absolute Gasteiger partial charge is 0.311 e. The summed E-state index contributed by atoms with van der Waals surface area (Å²) in [5.41, 5.74) is 0.507. The standard InChI is InChI=1S/C11H11NO6/c13-6-2-5-11(14)18-10-4-1-3-9(7-10)8-17-12(15)16/h1,3-4,6-7H,2,5,8H2. The normalized spacial score (nSPS) is 9.56. The van der Waals surface area contributed by atoms with E-state index in [0.717, 1.165) is 0 Å². The maximum atomic E-state index is 11.2. The quantitative estimate of drug-likeness (QED) is 0.239. The molecule has 1 aromatic carbocycles. The van der Waals surface area contributed by atoms with E-state index in [4.69, 9.17) is 4.74 Å². The van der Waals surface area contributed by atoms with Crippen LogP contribution >= 0.6 is 0 Å². The lowest BCUT2D eigenvalue weighted by Crippen LogP contribution is -2.08. The number of ether oxygens (including phenoxy) is 1. The van der Waals surface area contributed by atoms with Crippen LogP contribution in [0.2, 0.25) is 0 Å². The van der Waals surface area contributed by atoms with Crippen LogP contribution in [0.3, 0.4) is 0 Å². The van der Waals surface area contributed by atoms with Crippen LogP contribution in [-0.4, -0.2) is 17.3 Å². The molecule has 0 aliphatic carbocycles. The average molecular weight is 253 g/mol. The summed E-state index contributed by atoms with van der Waals surface area (Å²) in [6, 6.07) is 6.18. The topological polar surface area (TPSA) is 95.7 Å². The Morgan fingerprint density at radius 2 is 2.22 bits per heavy atom. The minimum absolute atomic E-state index is 0.000868. The fourth-order valence-corrected chi connectivity index (χ4v) is 1.19. The van der Waals surface area contributed by atoms with E-state index in [1.807, 2.05) is 0 Å². The molecular formula is C11H11NO6. The molecule has 0 N–H and O–H groups in total. The van der Waals surface area contributed by atoms with Gasteiger partial charge in [0.2, 0.25) is 0 Å². The zero-order valence-corrected chi connectivity index (χ0v) is 9.40. The first-order chi connectivity index (χ1) is 8.61. The molecule has 0 spiro atoms. The highest BCUT2D eigenvalue weighted by Gasteiger charge is 2.05. The number of aldehydes is 1. The number of esters is 1. The van der Waals surface area contributed by atoms with Crippen LogP contribution in [0.1, 0.15) is 18.4 Å². The maximum absolute atomic E-state index is 11.2. The Hall–Kier alpha value is -2.44. The van der Waals surface area contributed by atoms with Crippen molar-refractivity contribution in [1.82, 2.24) is 0 Å². The zero-order valence-electron chi connectivity index (χ0n) is 9.40. The highest BCUT2D eigenvalue weighted by Crippen LogP contribution is 2.15. The van der Waals surface area contributed by atoms with Crippen molar-refractivity contribution in [3.63, 3.8) is 0 Å². The van der Waals surface area contributed by atoms with E-state index in [2.05, 4.69) is 4.84 Å². The van der Waals surface area contributed by atoms with Gasteiger partial charge in [0.05, 0.1) is 6.42 Å². The van der Waals surface area contributed by atoms with Crippen LogP contribution in [0.25, 0.3) is 0 Å². The molecule has 0 aliphatic heterocycles. The Morgan fingerprint density at radius 3 is 2.89 bits per heavy atom. The minimum atomic E-state index is -0.900. The minimum Gasteiger partial charge on any atom is -0.427 e. The van der Waals surface area contributed by atoms with Gasteiger partial charge < -0.3 is 14.4 Å². The van der Waals surface area contributed by atoms with E-state index in [1.165, 1.54) is 12.1 Å². The van der Waals surface area contributed by atoms with Crippen LogP contribution in [0.15, 0.2) is 24.3 Å². The number of carbonyl (C=O) groups is 2. The third-order valence-corrected chi connectivity index (χ3v) is 1.93. The van der Waals surface area contributed by atoms with Crippen LogP contribution in [0.4, 0.5) is 0 Å². The van der Waals surface area contributed by atoms with E-state index in [-0.39, 0.29) is 25.2 Å². The summed E-state index contributed by atoms with van der Waals surface area (Å²) in [4.78, 5) is 35.5. The molecule has 1 rings (SSSR count). The molecule has 96 valence electrons. The molecule has 0 aliphatic rings. The first kappa shape index (κ1) is 13.6. The first-order valence-corrected chi connectivity index (χ1v) is 5.12. The molecule has 1 aromatic rings. The number of carbonyl (C=O) groups excluding carboxylic acids is 2. The van der Waals surface area contributed by atoms with Gasteiger partial charge in [0.1, 0.15) is 18.6 Å². The zero-order chi connectivity index (χ0) is 13.4. The van der Waals surface area contributed by atoms with Gasteiger partial charge in [0.15, 0.2) is 0 Å². The predicted molar refractivity (Wildman–Crippen MR) is 59.2 cm³/mol. The van der Waals surface area contributed by atoms with Crippen molar-refractivity contribution in [3.8, 4) is 5.75 Å². The number of hydrogen-bond donors (Lipinski definition) is 0. The molecule has 0 aromatic heterocycles. The van der Waals surface area contributed by atoms with Crippen molar-refractivity contribution in [1.29, 1.82) is 0 Å². The Kier molecular flexibility index (Phi) is 5.30. The van der Waals surface area contributed by atoms with Crippen LogP contribution in [-0.2, 0) is 21.0 Å². The number of hydrogen-bond acceptors (Lipinski definition) is 6. The third kappa shape index (κ3) is 5.06. The fraction of sp³-hybridized carbons (Fsp3) is 0.273. The van der Waals surface area contributed by atoms with Crippen LogP contribution in [0.5, 0.6) is 5.75 Å². The molecule has 0 unspecified atom stereocenters. The molecular weight excluding hydrogens is 242 g/mol. The van der Waals surface area contributed by atoms with Crippen molar-refractivity contribution < 1.29 is 24.3 Å². The van der Waals surface area contributed by atoms with Crippen LogP contribution in [0, 0.1) is 10.1 Å². The van der Waals surface area contributed by atoms with E-state index in [9.17, 15) is 19.7 Å². The van der Waals surface area contributed by atoms with Gasteiger partial charge in [0, 0.05) is 6.42 Å². The molecule has 0 saturated heterocycles. The lowest BCUT2D eigenvalue weighted by atomic mass is 10.2. The Bertz CT molecular complexity index is 445. The first-order valence-electron chi connectivity index (χ1n) is 5.12. The van der Waals surface area contributed by atoms with Gasteiger partial charge in [-0.25, -0.2) is 0 Å². The molecule has 0 saturated carbocycles. The largest absolute Gasteiger partial charge is 0.427 e. The summed E-state index contributed by atoms with van der Waals surface area (Å²) in [6.07, 6.45) is 0.727. The van der Waals surface area contributed by atoms with Crippen molar-refractivity contribution in [2.45, 2.75) is 19.4 Å². The second-order valence-corrected chi connectivity index (χ2v) is 3.32. The van der Waals surface area contributed by atoms with Gasteiger partial charge in [-0.2, -0.15) is 0 Å². The Morgan fingerprint density at radius 1 is 1.44 bits per heavy atom. The lowest BCUT2D eigenvalue weighted by molar-refractivity contribution is -0.763. The number of benzene rings is 1. The summed E-state index contributed by atoms with van der Waals surface area (Å²) in [5, 5.41) is 9.12. The summed E-state index contributed by atoms with van der Waals surface area (Å²) >= 11 is 0. The van der Waals surface area contributed by atoms with E-state index < -0.39 is 11.1 Å². The second-order valence-electron chi connectivity index (χ2n) is 3.32. The number of nitrogens with zero attached hydrogens (tertiary/aromatic N) is 1. The maximum Gasteiger partial charge on any atom is 0.311 e. The molecule has 0 amide bonds. The van der Waals surface area contributed by atoms with E-state index >= 15 is 0 Å². The van der Waals surface area contributed by atoms with Gasteiger partial charge >= 0.3 is 5.97 Å². The molecule has 0 bridgehead atoms. The Balaban J connectivity index is 2.55. The van der Waals surface area contributed by atoms with Crippen molar-refractivity contribution >= 4 is 12.3 Å². The molecule has 0 atom stereocenters. The monoisotopic (exact) mass is 253 g/mol. The van der Waals surface area contributed by atoms with Crippen LogP contribution < -0.4 is 4.74 Å².